The lowest BCUT2D eigenvalue weighted by atomic mass is 9.78. The van der Waals surface area contributed by atoms with Gasteiger partial charge in [0.2, 0.25) is 11.8 Å². The standard InChI is InChI=1S/C18H27N5O2S2/c1-11-5-3-6-14(12(11)2)20-17(26)22-21-15(24)9-13-10-27-18(19-13)23-8-4-7-16(23)25/h10-12,14H,3-9H2,1-2H3,(H,21,24)(H2,20,22,26)/t11-,12-,14+/m1/s1. The normalized spacial score (nSPS) is 25.3. The molecule has 2 amide bonds. The molecule has 3 rings (SSSR count). The largest absolute Gasteiger partial charge is 0.358 e. The van der Waals surface area contributed by atoms with Crippen LogP contribution in [0.3, 0.4) is 0 Å². The molecule has 27 heavy (non-hydrogen) atoms. The Bertz CT molecular complexity index is 708. The molecule has 1 aliphatic heterocycles. The Balaban J connectivity index is 1.42. The lowest BCUT2D eigenvalue weighted by Gasteiger charge is -2.35. The minimum absolute atomic E-state index is 0.102. The number of carbonyl (C=O) groups is 2. The SMILES string of the molecule is C[C@@H]1[C@H](C)CCC[C@@H]1NC(=S)NNC(=O)Cc1csc(N2CCCC2=O)n1. The highest BCUT2D eigenvalue weighted by molar-refractivity contribution is 7.80. The van der Waals surface area contributed by atoms with Gasteiger partial charge in [-0.2, -0.15) is 0 Å². The third-order valence-electron chi connectivity index (χ3n) is 5.52. The molecule has 3 N–H and O–H groups in total. The van der Waals surface area contributed by atoms with Gasteiger partial charge in [0.1, 0.15) is 0 Å². The smallest absolute Gasteiger partial charge is 0.244 e. The van der Waals surface area contributed by atoms with Crippen LogP contribution in [-0.4, -0.2) is 34.5 Å². The monoisotopic (exact) mass is 409 g/mol. The molecule has 1 aromatic rings. The molecular formula is C18H27N5O2S2. The summed E-state index contributed by atoms with van der Waals surface area (Å²) in [6.45, 7) is 5.22. The Kier molecular flexibility index (Phi) is 6.64. The Hall–Kier alpha value is -1.74. The number of rotatable bonds is 4. The first-order chi connectivity index (χ1) is 12.9. The summed E-state index contributed by atoms with van der Waals surface area (Å²) < 4.78 is 0. The first kappa shape index (κ1) is 20.0. The number of thiazole rings is 1. The number of hydrazine groups is 1. The van der Waals surface area contributed by atoms with Crippen molar-refractivity contribution in [2.75, 3.05) is 11.4 Å². The first-order valence-corrected chi connectivity index (χ1v) is 10.8. The van der Waals surface area contributed by atoms with Crippen LogP contribution in [0.4, 0.5) is 5.13 Å². The molecule has 3 atom stereocenters. The molecule has 0 radical (unpaired) electrons. The maximum atomic E-state index is 12.1. The van der Waals surface area contributed by atoms with E-state index in [9.17, 15) is 9.59 Å². The number of aromatic nitrogens is 1. The van der Waals surface area contributed by atoms with E-state index in [0.717, 1.165) is 12.8 Å². The van der Waals surface area contributed by atoms with Crippen LogP contribution < -0.4 is 21.1 Å². The summed E-state index contributed by atoms with van der Waals surface area (Å²) in [6.07, 6.45) is 5.13. The Morgan fingerprint density at radius 1 is 1.33 bits per heavy atom. The van der Waals surface area contributed by atoms with Crippen LogP contribution in [0, 0.1) is 11.8 Å². The van der Waals surface area contributed by atoms with Gasteiger partial charge in [-0.15, -0.1) is 11.3 Å². The fraction of sp³-hybridized carbons (Fsp3) is 0.667. The van der Waals surface area contributed by atoms with Gasteiger partial charge in [-0.25, -0.2) is 4.98 Å². The second-order valence-corrected chi connectivity index (χ2v) is 8.71. The molecule has 0 aromatic carbocycles. The summed E-state index contributed by atoms with van der Waals surface area (Å²) in [5.74, 6) is 1.12. The molecule has 0 spiro atoms. The molecule has 1 saturated carbocycles. The topological polar surface area (TPSA) is 86.4 Å². The van der Waals surface area contributed by atoms with Crippen molar-refractivity contribution in [3.05, 3.63) is 11.1 Å². The van der Waals surface area contributed by atoms with Gasteiger partial charge in [0.25, 0.3) is 0 Å². The van der Waals surface area contributed by atoms with Gasteiger partial charge < -0.3 is 5.32 Å². The second kappa shape index (κ2) is 8.97. The fourth-order valence-corrected chi connectivity index (χ4v) is 4.75. The van der Waals surface area contributed by atoms with Crippen molar-refractivity contribution in [1.29, 1.82) is 0 Å². The number of thiocarbonyl (C=S) groups is 1. The number of hydrogen-bond acceptors (Lipinski definition) is 5. The lowest BCUT2D eigenvalue weighted by Crippen LogP contribution is -2.52. The van der Waals surface area contributed by atoms with Crippen molar-refractivity contribution < 1.29 is 9.59 Å². The molecule has 2 aliphatic rings. The van der Waals surface area contributed by atoms with Crippen molar-refractivity contribution in [1.82, 2.24) is 21.2 Å². The van der Waals surface area contributed by atoms with E-state index in [1.807, 2.05) is 5.38 Å². The van der Waals surface area contributed by atoms with Crippen LogP contribution in [0.1, 0.15) is 51.6 Å². The highest BCUT2D eigenvalue weighted by atomic mass is 32.1. The predicted octanol–water partition coefficient (Wildman–Crippen LogP) is 2.13. The number of hydrogen-bond donors (Lipinski definition) is 3. The molecule has 2 fully saturated rings. The minimum atomic E-state index is -0.214. The third kappa shape index (κ3) is 5.16. The first-order valence-electron chi connectivity index (χ1n) is 9.54. The maximum absolute atomic E-state index is 12.1. The lowest BCUT2D eigenvalue weighted by molar-refractivity contribution is -0.121. The van der Waals surface area contributed by atoms with E-state index in [1.165, 1.54) is 24.2 Å². The van der Waals surface area contributed by atoms with E-state index in [4.69, 9.17) is 12.2 Å². The zero-order valence-electron chi connectivity index (χ0n) is 15.8. The van der Waals surface area contributed by atoms with Crippen LogP contribution in [0.5, 0.6) is 0 Å². The third-order valence-corrected chi connectivity index (χ3v) is 6.66. The van der Waals surface area contributed by atoms with E-state index in [2.05, 4.69) is 35.0 Å². The van der Waals surface area contributed by atoms with Gasteiger partial charge in [-0.3, -0.25) is 25.3 Å². The average Bonchev–Trinajstić information content (AvgIpc) is 3.26. The number of anilines is 1. The van der Waals surface area contributed by atoms with Crippen molar-refractivity contribution in [3.63, 3.8) is 0 Å². The van der Waals surface area contributed by atoms with Gasteiger partial charge >= 0.3 is 0 Å². The average molecular weight is 410 g/mol. The summed E-state index contributed by atoms with van der Waals surface area (Å²) in [6, 6.07) is 0.338. The zero-order chi connectivity index (χ0) is 19.4. The molecule has 0 unspecified atom stereocenters. The van der Waals surface area contributed by atoms with E-state index >= 15 is 0 Å². The predicted molar refractivity (Wildman–Crippen MR) is 110 cm³/mol. The molecule has 1 aromatic heterocycles. The van der Waals surface area contributed by atoms with Gasteiger partial charge in [0.05, 0.1) is 12.1 Å². The number of nitrogens with one attached hydrogen (secondary N) is 3. The van der Waals surface area contributed by atoms with Crippen molar-refractivity contribution in [3.8, 4) is 0 Å². The molecule has 7 nitrogen and oxygen atoms in total. The molecule has 2 heterocycles. The van der Waals surface area contributed by atoms with Crippen LogP contribution in [0.2, 0.25) is 0 Å². The van der Waals surface area contributed by atoms with Crippen LogP contribution in [0.15, 0.2) is 5.38 Å². The molecule has 148 valence electrons. The Labute approximate surface area is 169 Å². The van der Waals surface area contributed by atoms with Crippen LogP contribution in [0.25, 0.3) is 0 Å². The highest BCUT2D eigenvalue weighted by Gasteiger charge is 2.27. The minimum Gasteiger partial charge on any atom is -0.358 e. The molecule has 1 saturated heterocycles. The van der Waals surface area contributed by atoms with Crippen molar-refractivity contribution >= 4 is 45.6 Å². The van der Waals surface area contributed by atoms with E-state index in [-0.39, 0.29) is 18.2 Å². The van der Waals surface area contributed by atoms with Crippen molar-refractivity contribution in [2.45, 2.75) is 58.4 Å². The van der Waals surface area contributed by atoms with Gasteiger partial charge in [-0.05, 0) is 36.9 Å². The van der Waals surface area contributed by atoms with E-state index in [1.54, 1.807) is 4.90 Å². The molecule has 1 aliphatic carbocycles. The molecule has 0 bridgehead atoms. The molecule has 9 heteroatoms. The number of nitrogens with zero attached hydrogens (tertiary/aromatic N) is 2. The quantitative estimate of drug-likeness (QED) is 0.522. The van der Waals surface area contributed by atoms with Gasteiger partial charge in [0, 0.05) is 24.4 Å². The van der Waals surface area contributed by atoms with E-state index in [0.29, 0.717) is 46.8 Å². The van der Waals surface area contributed by atoms with E-state index < -0.39 is 0 Å². The van der Waals surface area contributed by atoms with Crippen LogP contribution in [-0.2, 0) is 16.0 Å². The van der Waals surface area contributed by atoms with Crippen LogP contribution >= 0.6 is 23.6 Å². The van der Waals surface area contributed by atoms with Gasteiger partial charge in [-0.1, -0.05) is 26.7 Å². The summed E-state index contributed by atoms with van der Waals surface area (Å²) in [5.41, 5.74) is 6.07. The highest BCUT2D eigenvalue weighted by Crippen LogP contribution is 2.29. The second-order valence-electron chi connectivity index (χ2n) is 7.47. The Morgan fingerprint density at radius 3 is 2.89 bits per heavy atom. The summed E-state index contributed by atoms with van der Waals surface area (Å²) in [7, 11) is 0. The summed E-state index contributed by atoms with van der Waals surface area (Å²) >= 11 is 6.70. The fourth-order valence-electron chi connectivity index (χ4n) is 3.68. The van der Waals surface area contributed by atoms with Gasteiger partial charge in [0.15, 0.2) is 10.2 Å². The summed E-state index contributed by atoms with van der Waals surface area (Å²) in [5, 5.41) is 6.25. The zero-order valence-corrected chi connectivity index (χ0v) is 17.4. The summed E-state index contributed by atoms with van der Waals surface area (Å²) in [4.78, 5) is 30.0. The number of amides is 2. The molecular weight excluding hydrogens is 382 g/mol. The number of carbonyl (C=O) groups excluding carboxylic acids is 2. The maximum Gasteiger partial charge on any atom is 0.244 e. The van der Waals surface area contributed by atoms with Crippen molar-refractivity contribution in [2.24, 2.45) is 11.8 Å². The Morgan fingerprint density at radius 2 is 2.15 bits per heavy atom.